The number of rotatable bonds is 3. The number of nitrogens with two attached hydrogens (primary N) is 1. The lowest BCUT2D eigenvalue weighted by Crippen LogP contribution is -2.54. The van der Waals surface area contributed by atoms with Gasteiger partial charge >= 0.3 is 0 Å². The van der Waals surface area contributed by atoms with Gasteiger partial charge in [0.2, 0.25) is 0 Å². The van der Waals surface area contributed by atoms with Crippen LogP contribution in [-0.2, 0) is 13.1 Å². The molecule has 3 heterocycles. The van der Waals surface area contributed by atoms with Crippen molar-refractivity contribution >= 4 is 0 Å². The first-order chi connectivity index (χ1) is 8.86. The summed E-state index contributed by atoms with van der Waals surface area (Å²) in [5.41, 5.74) is 6.95. The number of nitrogens with zero attached hydrogens (tertiary/aromatic N) is 2. The van der Waals surface area contributed by atoms with E-state index in [9.17, 15) is 0 Å². The Labute approximate surface area is 109 Å². The van der Waals surface area contributed by atoms with Crippen molar-refractivity contribution in [1.82, 2.24) is 9.80 Å². The molecule has 0 spiro atoms. The smallest absolute Gasteiger partial charge is 0.121 e. The van der Waals surface area contributed by atoms with Crippen LogP contribution in [0.5, 0.6) is 0 Å². The van der Waals surface area contributed by atoms with E-state index in [1.165, 1.54) is 51.0 Å². The minimum Gasteiger partial charge on any atom is -0.468 e. The molecule has 18 heavy (non-hydrogen) atoms. The predicted molar refractivity (Wildman–Crippen MR) is 71.1 cm³/mol. The number of fused-ring (bicyclic) bond motifs is 1. The van der Waals surface area contributed by atoms with Gasteiger partial charge in [-0.25, -0.2) is 0 Å². The Kier molecular flexibility index (Phi) is 3.68. The lowest BCUT2D eigenvalue weighted by Gasteiger charge is -2.44. The molecule has 1 aromatic rings. The molecule has 4 nitrogen and oxygen atoms in total. The summed E-state index contributed by atoms with van der Waals surface area (Å²) in [6, 6.07) is 2.84. The van der Waals surface area contributed by atoms with Crippen molar-refractivity contribution < 1.29 is 4.42 Å². The van der Waals surface area contributed by atoms with Gasteiger partial charge in [0, 0.05) is 37.8 Å². The van der Waals surface area contributed by atoms with E-state index in [2.05, 4.69) is 15.9 Å². The molecule has 1 unspecified atom stereocenters. The van der Waals surface area contributed by atoms with E-state index < -0.39 is 0 Å². The molecule has 0 saturated carbocycles. The predicted octanol–water partition coefficient (Wildman–Crippen LogP) is 1.41. The molecule has 0 aromatic carbocycles. The van der Waals surface area contributed by atoms with Crippen LogP contribution in [0, 0.1) is 0 Å². The van der Waals surface area contributed by atoms with Gasteiger partial charge in [0.15, 0.2) is 0 Å². The first kappa shape index (κ1) is 12.2. The van der Waals surface area contributed by atoms with Gasteiger partial charge in [-0.3, -0.25) is 9.80 Å². The Morgan fingerprint density at radius 3 is 3.11 bits per heavy atom. The third-order valence-corrected chi connectivity index (χ3v) is 4.34. The van der Waals surface area contributed by atoms with Gasteiger partial charge in [-0.05, 0) is 25.5 Å². The standard InChI is InChI=1S/C14H23N3O/c15-9-14-12(4-8-18-14)10-16-6-7-17-5-2-1-3-13(17)11-16/h4,8,13H,1-3,5-7,9-11,15H2. The Bertz CT molecular complexity index is 390. The number of piperazine rings is 1. The van der Waals surface area contributed by atoms with Crippen molar-refractivity contribution in [1.29, 1.82) is 0 Å². The van der Waals surface area contributed by atoms with Crippen LogP contribution in [-0.4, -0.2) is 42.0 Å². The average molecular weight is 249 g/mol. The number of furan rings is 1. The maximum Gasteiger partial charge on any atom is 0.121 e. The summed E-state index contributed by atoms with van der Waals surface area (Å²) in [5.74, 6) is 0.945. The highest BCUT2D eigenvalue weighted by Gasteiger charge is 2.29. The molecule has 0 radical (unpaired) electrons. The third kappa shape index (κ3) is 2.46. The minimum atomic E-state index is 0.506. The second kappa shape index (κ2) is 5.43. The summed E-state index contributed by atoms with van der Waals surface area (Å²) in [4.78, 5) is 5.22. The Balaban J connectivity index is 1.61. The molecule has 0 amide bonds. The van der Waals surface area contributed by atoms with Gasteiger partial charge in [0.25, 0.3) is 0 Å². The highest BCUT2D eigenvalue weighted by molar-refractivity contribution is 5.16. The summed E-state index contributed by atoms with van der Waals surface area (Å²) in [6.07, 6.45) is 5.91. The molecule has 0 bridgehead atoms. The second-order valence-electron chi connectivity index (χ2n) is 5.49. The molecule has 1 aromatic heterocycles. The number of hydrogen-bond donors (Lipinski definition) is 1. The second-order valence-corrected chi connectivity index (χ2v) is 5.49. The zero-order chi connectivity index (χ0) is 12.4. The summed E-state index contributed by atoms with van der Waals surface area (Å²) in [6.45, 7) is 6.40. The molecule has 3 rings (SSSR count). The first-order valence-electron chi connectivity index (χ1n) is 7.08. The zero-order valence-electron chi connectivity index (χ0n) is 11.0. The Hall–Kier alpha value is -0.840. The van der Waals surface area contributed by atoms with Gasteiger partial charge in [-0.1, -0.05) is 6.42 Å². The van der Waals surface area contributed by atoms with Crippen LogP contribution < -0.4 is 5.73 Å². The zero-order valence-corrected chi connectivity index (χ0v) is 11.0. The lowest BCUT2D eigenvalue weighted by molar-refractivity contribution is 0.0454. The number of hydrogen-bond acceptors (Lipinski definition) is 4. The van der Waals surface area contributed by atoms with E-state index in [1.54, 1.807) is 6.26 Å². The number of piperidine rings is 1. The first-order valence-corrected chi connectivity index (χ1v) is 7.08. The monoisotopic (exact) mass is 249 g/mol. The largest absolute Gasteiger partial charge is 0.468 e. The van der Waals surface area contributed by atoms with E-state index in [0.717, 1.165) is 18.3 Å². The van der Waals surface area contributed by atoms with Gasteiger partial charge in [-0.15, -0.1) is 0 Å². The quantitative estimate of drug-likeness (QED) is 0.880. The van der Waals surface area contributed by atoms with E-state index in [0.29, 0.717) is 6.54 Å². The third-order valence-electron chi connectivity index (χ3n) is 4.34. The molecule has 2 aliphatic heterocycles. The maximum atomic E-state index is 5.69. The fourth-order valence-electron chi connectivity index (χ4n) is 3.29. The molecule has 1 atom stereocenters. The molecule has 2 fully saturated rings. The van der Waals surface area contributed by atoms with Crippen molar-refractivity contribution in [2.24, 2.45) is 5.73 Å². The molecule has 0 aliphatic carbocycles. The van der Waals surface area contributed by atoms with Crippen molar-refractivity contribution in [2.45, 2.75) is 38.4 Å². The fraction of sp³-hybridized carbons (Fsp3) is 0.714. The average Bonchev–Trinajstić information content (AvgIpc) is 2.86. The van der Waals surface area contributed by atoms with Crippen LogP contribution in [0.1, 0.15) is 30.6 Å². The Morgan fingerprint density at radius 1 is 1.28 bits per heavy atom. The SMILES string of the molecule is NCc1occc1CN1CCN2CCCCC2C1. The maximum absolute atomic E-state index is 5.69. The van der Waals surface area contributed by atoms with Gasteiger partial charge in [0.05, 0.1) is 12.8 Å². The van der Waals surface area contributed by atoms with Crippen molar-refractivity contribution in [3.05, 3.63) is 23.7 Å². The van der Waals surface area contributed by atoms with Crippen LogP contribution in [0.15, 0.2) is 16.7 Å². The highest BCUT2D eigenvalue weighted by atomic mass is 16.3. The summed E-state index contributed by atoms with van der Waals surface area (Å²) >= 11 is 0. The molecular formula is C14H23N3O. The van der Waals surface area contributed by atoms with Crippen molar-refractivity contribution in [2.75, 3.05) is 26.2 Å². The van der Waals surface area contributed by atoms with Crippen LogP contribution in [0.4, 0.5) is 0 Å². The van der Waals surface area contributed by atoms with Crippen molar-refractivity contribution in [3.63, 3.8) is 0 Å². The van der Waals surface area contributed by atoms with E-state index in [-0.39, 0.29) is 0 Å². The van der Waals surface area contributed by atoms with Gasteiger partial charge < -0.3 is 10.2 Å². The molecule has 2 aliphatic rings. The summed E-state index contributed by atoms with van der Waals surface area (Å²) < 4.78 is 5.40. The minimum absolute atomic E-state index is 0.506. The van der Waals surface area contributed by atoms with Gasteiger partial charge in [0.1, 0.15) is 5.76 Å². The molecule has 4 heteroatoms. The molecular weight excluding hydrogens is 226 g/mol. The lowest BCUT2D eigenvalue weighted by atomic mass is 9.99. The summed E-state index contributed by atoms with van der Waals surface area (Å²) in [5, 5.41) is 0. The van der Waals surface area contributed by atoms with Crippen LogP contribution in [0.25, 0.3) is 0 Å². The molecule has 2 saturated heterocycles. The van der Waals surface area contributed by atoms with E-state index in [4.69, 9.17) is 10.2 Å². The molecule has 2 N–H and O–H groups in total. The van der Waals surface area contributed by atoms with Crippen molar-refractivity contribution in [3.8, 4) is 0 Å². The van der Waals surface area contributed by atoms with Crippen LogP contribution >= 0.6 is 0 Å². The topological polar surface area (TPSA) is 45.6 Å². The van der Waals surface area contributed by atoms with E-state index >= 15 is 0 Å². The van der Waals surface area contributed by atoms with Crippen LogP contribution in [0.3, 0.4) is 0 Å². The Morgan fingerprint density at radius 2 is 2.22 bits per heavy atom. The fourth-order valence-corrected chi connectivity index (χ4v) is 3.29. The molecule has 100 valence electrons. The van der Waals surface area contributed by atoms with Crippen LogP contribution in [0.2, 0.25) is 0 Å². The summed E-state index contributed by atoms with van der Waals surface area (Å²) in [7, 11) is 0. The van der Waals surface area contributed by atoms with E-state index in [1.807, 2.05) is 0 Å². The highest BCUT2D eigenvalue weighted by Crippen LogP contribution is 2.22. The van der Waals surface area contributed by atoms with Gasteiger partial charge in [-0.2, -0.15) is 0 Å². The normalized spacial score (nSPS) is 26.2.